The van der Waals surface area contributed by atoms with E-state index in [0.717, 1.165) is 16.5 Å². The van der Waals surface area contributed by atoms with Crippen molar-refractivity contribution >= 4 is 10.8 Å². The number of fused-ring (bicyclic) bond motifs is 1. The molecule has 0 saturated carbocycles. The number of rotatable bonds is 1. The standard InChI is InChI=1S/C17H11NO/c18-11-16-10-15(7-8-17(16)19)14-6-5-12-3-1-2-4-13(12)9-14/h1-10,19H. The first-order valence-electron chi connectivity index (χ1n) is 6.00. The Balaban J connectivity index is 2.16. The van der Waals surface area contributed by atoms with Gasteiger partial charge in [-0.3, -0.25) is 0 Å². The van der Waals surface area contributed by atoms with Crippen molar-refractivity contribution in [3.63, 3.8) is 0 Å². The summed E-state index contributed by atoms with van der Waals surface area (Å²) >= 11 is 0. The van der Waals surface area contributed by atoms with Gasteiger partial charge in [0.05, 0.1) is 5.56 Å². The van der Waals surface area contributed by atoms with Gasteiger partial charge in [0, 0.05) is 0 Å². The monoisotopic (exact) mass is 245 g/mol. The Hall–Kier alpha value is -2.79. The van der Waals surface area contributed by atoms with E-state index in [2.05, 4.69) is 24.3 Å². The molecule has 0 atom stereocenters. The number of phenols is 1. The molecule has 0 amide bonds. The molecule has 0 aromatic heterocycles. The maximum absolute atomic E-state index is 9.53. The lowest BCUT2D eigenvalue weighted by atomic mass is 9.99. The minimum absolute atomic E-state index is 0.0204. The normalized spacial score (nSPS) is 10.3. The molecule has 0 aliphatic heterocycles. The van der Waals surface area contributed by atoms with Crippen LogP contribution in [-0.4, -0.2) is 5.11 Å². The molecule has 0 bridgehead atoms. The third kappa shape index (κ3) is 2.02. The Morgan fingerprint density at radius 3 is 2.26 bits per heavy atom. The largest absolute Gasteiger partial charge is 0.507 e. The first kappa shape index (κ1) is 11.3. The van der Waals surface area contributed by atoms with Crippen LogP contribution in [-0.2, 0) is 0 Å². The van der Waals surface area contributed by atoms with Crippen LogP contribution < -0.4 is 0 Å². The van der Waals surface area contributed by atoms with Gasteiger partial charge in [-0.1, -0.05) is 42.5 Å². The summed E-state index contributed by atoms with van der Waals surface area (Å²) in [6.45, 7) is 0. The number of aromatic hydroxyl groups is 1. The first-order chi connectivity index (χ1) is 9.28. The Morgan fingerprint density at radius 1 is 0.789 bits per heavy atom. The Morgan fingerprint density at radius 2 is 1.47 bits per heavy atom. The summed E-state index contributed by atoms with van der Waals surface area (Å²) in [7, 11) is 0. The van der Waals surface area contributed by atoms with E-state index in [0.29, 0.717) is 5.56 Å². The average molecular weight is 245 g/mol. The molecule has 0 heterocycles. The lowest BCUT2D eigenvalue weighted by Gasteiger charge is -2.05. The molecule has 2 heteroatoms. The minimum atomic E-state index is 0.0204. The predicted molar refractivity (Wildman–Crippen MR) is 75.8 cm³/mol. The Labute approximate surface area is 111 Å². The molecule has 2 nitrogen and oxygen atoms in total. The van der Waals surface area contributed by atoms with Gasteiger partial charge < -0.3 is 5.11 Å². The highest BCUT2D eigenvalue weighted by atomic mass is 16.3. The molecular weight excluding hydrogens is 234 g/mol. The van der Waals surface area contributed by atoms with E-state index in [-0.39, 0.29) is 5.75 Å². The van der Waals surface area contributed by atoms with Crippen LogP contribution in [0.4, 0.5) is 0 Å². The molecule has 0 fully saturated rings. The van der Waals surface area contributed by atoms with Crippen LogP contribution in [0.25, 0.3) is 21.9 Å². The zero-order chi connectivity index (χ0) is 13.2. The van der Waals surface area contributed by atoms with Crippen molar-refractivity contribution in [3.8, 4) is 22.9 Å². The number of nitrogens with zero attached hydrogens (tertiary/aromatic N) is 1. The molecule has 3 rings (SSSR count). The van der Waals surface area contributed by atoms with Crippen molar-refractivity contribution < 1.29 is 5.11 Å². The Bertz CT molecular complexity index is 800. The van der Waals surface area contributed by atoms with Gasteiger partial charge in [0.15, 0.2) is 0 Å². The summed E-state index contributed by atoms with van der Waals surface area (Å²) in [6.07, 6.45) is 0. The molecule has 0 unspecified atom stereocenters. The molecule has 3 aromatic rings. The SMILES string of the molecule is N#Cc1cc(-c2ccc3ccccc3c2)ccc1O. The second-order valence-electron chi connectivity index (χ2n) is 4.41. The summed E-state index contributed by atoms with van der Waals surface area (Å²) < 4.78 is 0. The molecule has 0 spiro atoms. The number of phenolic OH excluding ortho intramolecular Hbond substituents is 1. The molecule has 0 saturated heterocycles. The third-order valence-corrected chi connectivity index (χ3v) is 3.20. The molecule has 1 N–H and O–H groups in total. The van der Waals surface area contributed by atoms with Crippen LogP contribution in [0.3, 0.4) is 0 Å². The fourth-order valence-electron chi connectivity index (χ4n) is 2.17. The quantitative estimate of drug-likeness (QED) is 0.701. The zero-order valence-corrected chi connectivity index (χ0v) is 10.2. The maximum Gasteiger partial charge on any atom is 0.133 e. The van der Waals surface area contributed by atoms with Crippen LogP contribution in [0, 0.1) is 11.3 Å². The highest BCUT2D eigenvalue weighted by Crippen LogP contribution is 2.28. The molecule has 0 radical (unpaired) electrons. The van der Waals surface area contributed by atoms with E-state index >= 15 is 0 Å². The van der Waals surface area contributed by atoms with Crippen molar-refractivity contribution in [2.45, 2.75) is 0 Å². The van der Waals surface area contributed by atoms with Crippen molar-refractivity contribution in [1.82, 2.24) is 0 Å². The van der Waals surface area contributed by atoms with Gasteiger partial charge >= 0.3 is 0 Å². The van der Waals surface area contributed by atoms with Crippen LogP contribution in [0.1, 0.15) is 5.56 Å². The number of hydrogen-bond donors (Lipinski definition) is 1. The van der Waals surface area contributed by atoms with Crippen LogP contribution >= 0.6 is 0 Å². The van der Waals surface area contributed by atoms with Gasteiger partial charge in [0.1, 0.15) is 11.8 Å². The van der Waals surface area contributed by atoms with E-state index in [1.807, 2.05) is 30.3 Å². The average Bonchev–Trinajstić information content (AvgIpc) is 2.47. The summed E-state index contributed by atoms with van der Waals surface area (Å²) in [5.74, 6) is 0.0204. The summed E-state index contributed by atoms with van der Waals surface area (Å²) in [4.78, 5) is 0. The molecule has 19 heavy (non-hydrogen) atoms. The number of nitriles is 1. The third-order valence-electron chi connectivity index (χ3n) is 3.20. The van der Waals surface area contributed by atoms with Gasteiger partial charge in [-0.2, -0.15) is 5.26 Å². The van der Waals surface area contributed by atoms with E-state index in [1.165, 1.54) is 5.39 Å². The van der Waals surface area contributed by atoms with E-state index in [4.69, 9.17) is 5.26 Å². The van der Waals surface area contributed by atoms with E-state index in [1.54, 1.807) is 12.1 Å². The van der Waals surface area contributed by atoms with Crippen molar-refractivity contribution in [1.29, 1.82) is 5.26 Å². The molecule has 3 aromatic carbocycles. The lowest BCUT2D eigenvalue weighted by Crippen LogP contribution is -1.82. The second kappa shape index (κ2) is 4.47. The topological polar surface area (TPSA) is 44.0 Å². The van der Waals surface area contributed by atoms with Gasteiger partial charge in [0.2, 0.25) is 0 Å². The summed E-state index contributed by atoms with van der Waals surface area (Å²) in [5, 5.41) is 20.8. The molecule has 90 valence electrons. The van der Waals surface area contributed by atoms with Crippen molar-refractivity contribution in [2.75, 3.05) is 0 Å². The first-order valence-corrected chi connectivity index (χ1v) is 6.00. The highest BCUT2D eigenvalue weighted by molar-refractivity contribution is 5.87. The number of hydrogen-bond acceptors (Lipinski definition) is 2. The minimum Gasteiger partial charge on any atom is -0.507 e. The fraction of sp³-hybridized carbons (Fsp3) is 0. The van der Waals surface area contributed by atoms with Crippen molar-refractivity contribution in [2.24, 2.45) is 0 Å². The van der Waals surface area contributed by atoms with Crippen LogP contribution in [0.5, 0.6) is 5.75 Å². The lowest BCUT2D eigenvalue weighted by molar-refractivity contribution is 0.473. The van der Waals surface area contributed by atoms with E-state index < -0.39 is 0 Å². The zero-order valence-electron chi connectivity index (χ0n) is 10.2. The maximum atomic E-state index is 9.53. The van der Waals surface area contributed by atoms with Gasteiger partial charge in [-0.25, -0.2) is 0 Å². The predicted octanol–water partition coefficient (Wildman–Crippen LogP) is 4.08. The Kier molecular flexibility index (Phi) is 2.66. The second-order valence-corrected chi connectivity index (χ2v) is 4.41. The molecule has 0 aliphatic rings. The molecular formula is C17H11NO. The van der Waals surface area contributed by atoms with Crippen LogP contribution in [0.15, 0.2) is 60.7 Å². The van der Waals surface area contributed by atoms with E-state index in [9.17, 15) is 5.11 Å². The smallest absolute Gasteiger partial charge is 0.133 e. The van der Waals surface area contributed by atoms with Gasteiger partial charge in [0.25, 0.3) is 0 Å². The molecule has 0 aliphatic carbocycles. The summed E-state index contributed by atoms with van der Waals surface area (Å²) in [6, 6.07) is 21.4. The number of benzene rings is 3. The van der Waals surface area contributed by atoms with Gasteiger partial charge in [-0.05, 0) is 40.1 Å². The van der Waals surface area contributed by atoms with Crippen LogP contribution in [0.2, 0.25) is 0 Å². The highest BCUT2D eigenvalue weighted by Gasteiger charge is 2.04. The van der Waals surface area contributed by atoms with Gasteiger partial charge in [-0.15, -0.1) is 0 Å². The summed E-state index contributed by atoms with van der Waals surface area (Å²) in [5.41, 5.74) is 2.26. The fourth-order valence-corrected chi connectivity index (χ4v) is 2.17. The van der Waals surface area contributed by atoms with Crippen molar-refractivity contribution in [3.05, 3.63) is 66.2 Å².